The van der Waals surface area contributed by atoms with Gasteiger partial charge in [0.15, 0.2) is 5.65 Å². The molecule has 3 aromatic heterocycles. The van der Waals surface area contributed by atoms with Gasteiger partial charge in [-0.2, -0.15) is 5.10 Å². The first-order valence-corrected chi connectivity index (χ1v) is 10.1. The van der Waals surface area contributed by atoms with Gasteiger partial charge in [-0.25, -0.2) is 14.8 Å². The topological polar surface area (TPSA) is 96.8 Å². The Morgan fingerprint density at radius 1 is 1.17 bits per heavy atom. The summed E-state index contributed by atoms with van der Waals surface area (Å²) in [5, 5.41) is 8.54. The van der Waals surface area contributed by atoms with Crippen molar-refractivity contribution in [3.8, 4) is 0 Å². The molecule has 0 radical (unpaired) electrons. The number of carbonyl (C=O) groups excluding carboxylic acids is 1. The number of nitrogens with zero attached hydrogens (tertiary/aromatic N) is 4. The third kappa shape index (κ3) is 5.14. The van der Waals surface area contributed by atoms with E-state index < -0.39 is 6.03 Å². The number of carbonyl (C=O) groups is 1. The van der Waals surface area contributed by atoms with E-state index >= 15 is 0 Å². The summed E-state index contributed by atoms with van der Waals surface area (Å²) >= 11 is 6.09. The molecule has 0 atom stereocenters. The van der Waals surface area contributed by atoms with Gasteiger partial charge in [-0.3, -0.25) is 15.5 Å². The third-order valence-electron chi connectivity index (χ3n) is 4.61. The van der Waals surface area contributed by atoms with E-state index in [0.29, 0.717) is 16.7 Å². The molecule has 154 valence electrons. The van der Waals surface area contributed by atoms with Crippen LogP contribution in [-0.4, -0.2) is 25.8 Å². The van der Waals surface area contributed by atoms with Crippen LogP contribution in [0.25, 0.3) is 11.0 Å². The summed E-state index contributed by atoms with van der Waals surface area (Å²) in [5.41, 5.74) is 9.61. The molecule has 0 aliphatic heterocycles. The Labute approximate surface area is 175 Å². The molecule has 3 N–H and O–H groups in total. The van der Waals surface area contributed by atoms with E-state index in [2.05, 4.69) is 38.2 Å². The minimum atomic E-state index is -0.424. The molecule has 0 unspecified atom stereocenters. The lowest BCUT2D eigenvalue weighted by Gasteiger charge is -2.11. The van der Waals surface area contributed by atoms with Crippen LogP contribution in [0.5, 0.6) is 0 Å². The van der Waals surface area contributed by atoms with Gasteiger partial charge in [-0.05, 0) is 50.5 Å². The number of unbranched alkanes of at least 4 members (excludes halogenated alkanes) is 2. The van der Waals surface area contributed by atoms with Crippen LogP contribution in [0.3, 0.4) is 0 Å². The molecule has 0 fully saturated rings. The molecule has 3 rings (SSSR count). The number of aromatic nitrogens is 4. The van der Waals surface area contributed by atoms with Crippen LogP contribution >= 0.6 is 11.6 Å². The van der Waals surface area contributed by atoms with Gasteiger partial charge in [0.1, 0.15) is 11.0 Å². The zero-order valence-corrected chi connectivity index (χ0v) is 17.9. The van der Waals surface area contributed by atoms with Crippen molar-refractivity contribution < 1.29 is 4.79 Å². The van der Waals surface area contributed by atoms with Crippen LogP contribution in [0, 0.1) is 13.8 Å². The van der Waals surface area contributed by atoms with Gasteiger partial charge >= 0.3 is 6.03 Å². The second kappa shape index (κ2) is 9.09. The predicted molar refractivity (Wildman–Crippen MR) is 116 cm³/mol. The number of urea groups is 1. The average Bonchev–Trinajstić information content (AvgIpc) is 2.94. The van der Waals surface area contributed by atoms with Gasteiger partial charge in [0.25, 0.3) is 0 Å². The lowest BCUT2D eigenvalue weighted by atomic mass is 10.1. The summed E-state index contributed by atoms with van der Waals surface area (Å²) < 4.78 is 1.72. The molecule has 8 nitrogen and oxygen atoms in total. The van der Waals surface area contributed by atoms with E-state index in [0.717, 1.165) is 53.7 Å². The number of pyridine rings is 2. The van der Waals surface area contributed by atoms with E-state index in [9.17, 15) is 4.79 Å². The highest BCUT2D eigenvalue weighted by Crippen LogP contribution is 2.22. The van der Waals surface area contributed by atoms with Crippen molar-refractivity contribution in [2.45, 2.75) is 46.5 Å². The Kier molecular flexibility index (Phi) is 6.53. The minimum absolute atomic E-state index is 0.358. The van der Waals surface area contributed by atoms with Crippen LogP contribution in [-0.2, 0) is 13.5 Å². The number of hydrogen-bond donors (Lipinski definition) is 3. The Hall–Kier alpha value is -2.87. The van der Waals surface area contributed by atoms with E-state index in [1.54, 1.807) is 10.7 Å². The maximum atomic E-state index is 12.3. The van der Waals surface area contributed by atoms with Crippen LogP contribution in [0.4, 0.5) is 16.3 Å². The smallest absolute Gasteiger partial charge is 0.306 e. The highest BCUT2D eigenvalue weighted by Gasteiger charge is 2.12. The van der Waals surface area contributed by atoms with E-state index in [1.807, 2.05) is 33.0 Å². The second-order valence-electron chi connectivity index (χ2n) is 7.06. The molecule has 9 heteroatoms. The zero-order valence-electron chi connectivity index (χ0n) is 17.1. The van der Waals surface area contributed by atoms with Crippen molar-refractivity contribution in [3.05, 3.63) is 40.3 Å². The van der Waals surface area contributed by atoms with Gasteiger partial charge in [0.2, 0.25) is 0 Å². The molecule has 3 heterocycles. The maximum Gasteiger partial charge on any atom is 0.337 e. The van der Waals surface area contributed by atoms with Crippen molar-refractivity contribution in [2.75, 3.05) is 10.7 Å². The highest BCUT2D eigenvalue weighted by molar-refractivity contribution is 6.29. The summed E-state index contributed by atoms with van der Waals surface area (Å²) in [6, 6.07) is 4.91. The summed E-state index contributed by atoms with van der Waals surface area (Å²) in [4.78, 5) is 21.1. The number of aryl methyl sites for hydroxylation is 4. The van der Waals surface area contributed by atoms with Crippen LogP contribution in [0.1, 0.15) is 43.1 Å². The molecule has 2 amide bonds. The molecular weight excluding hydrogens is 390 g/mol. The standard InChI is InChI=1S/C20H26ClN7O/c1-5-6-7-8-14-10-15(11-16(21)22-14)23-20(29)26-25-17-9-12(2)18-13(3)27-28(4)19(18)24-17/h9-11H,5-8H2,1-4H3,(H,24,25)(H2,22,23,26,29). The third-order valence-corrected chi connectivity index (χ3v) is 4.81. The number of hydrazine groups is 1. The number of nitrogens with one attached hydrogen (secondary N) is 3. The van der Waals surface area contributed by atoms with Gasteiger partial charge in [-0.1, -0.05) is 31.4 Å². The van der Waals surface area contributed by atoms with E-state index in [1.165, 1.54) is 0 Å². The Balaban J connectivity index is 1.64. The van der Waals surface area contributed by atoms with Crippen LogP contribution < -0.4 is 16.2 Å². The molecule has 0 aliphatic rings. The molecular formula is C20H26ClN7O. The van der Waals surface area contributed by atoms with E-state index in [4.69, 9.17) is 11.6 Å². The SMILES string of the molecule is CCCCCc1cc(NC(=O)NNc2cc(C)c3c(C)nn(C)c3n2)cc(Cl)n1. The molecule has 3 aromatic rings. The quantitative estimate of drug-likeness (QED) is 0.299. The first-order chi connectivity index (χ1) is 13.9. The molecule has 0 aliphatic carbocycles. The van der Waals surface area contributed by atoms with Gasteiger partial charge in [0, 0.05) is 23.8 Å². The van der Waals surface area contributed by atoms with Gasteiger partial charge in [-0.15, -0.1) is 0 Å². The number of fused-ring (bicyclic) bond motifs is 1. The molecule has 0 spiro atoms. The molecule has 0 aromatic carbocycles. The molecule has 29 heavy (non-hydrogen) atoms. The van der Waals surface area contributed by atoms with Crippen molar-refractivity contribution in [1.82, 2.24) is 25.2 Å². The monoisotopic (exact) mass is 415 g/mol. The molecule has 0 saturated carbocycles. The second-order valence-corrected chi connectivity index (χ2v) is 7.45. The average molecular weight is 416 g/mol. The van der Waals surface area contributed by atoms with Gasteiger partial charge in [0.05, 0.1) is 5.69 Å². The first-order valence-electron chi connectivity index (χ1n) is 9.67. The molecule has 0 bridgehead atoms. The lowest BCUT2D eigenvalue weighted by Crippen LogP contribution is -2.34. The van der Waals surface area contributed by atoms with E-state index in [-0.39, 0.29) is 0 Å². The van der Waals surface area contributed by atoms with Crippen LogP contribution in [0.2, 0.25) is 5.15 Å². The fourth-order valence-electron chi connectivity index (χ4n) is 3.31. The number of halogens is 1. The maximum absolute atomic E-state index is 12.3. The Bertz CT molecular complexity index is 1030. The van der Waals surface area contributed by atoms with Crippen molar-refractivity contribution in [1.29, 1.82) is 0 Å². The number of rotatable bonds is 7. The van der Waals surface area contributed by atoms with Gasteiger partial charge < -0.3 is 5.32 Å². The summed E-state index contributed by atoms with van der Waals surface area (Å²) in [6.07, 6.45) is 4.14. The summed E-state index contributed by atoms with van der Waals surface area (Å²) in [7, 11) is 1.84. The highest BCUT2D eigenvalue weighted by atomic mass is 35.5. The Morgan fingerprint density at radius 2 is 1.97 bits per heavy atom. The zero-order chi connectivity index (χ0) is 21.0. The number of hydrogen-bond acceptors (Lipinski definition) is 5. The number of anilines is 2. The predicted octanol–water partition coefficient (Wildman–Crippen LogP) is 4.51. The number of amides is 2. The lowest BCUT2D eigenvalue weighted by molar-refractivity contribution is 0.254. The minimum Gasteiger partial charge on any atom is -0.306 e. The van der Waals surface area contributed by atoms with Crippen molar-refractivity contribution >= 4 is 40.2 Å². The Morgan fingerprint density at radius 3 is 2.72 bits per heavy atom. The normalized spacial score (nSPS) is 10.9. The van der Waals surface area contributed by atoms with Crippen molar-refractivity contribution in [3.63, 3.8) is 0 Å². The fourth-order valence-corrected chi connectivity index (χ4v) is 3.54. The van der Waals surface area contributed by atoms with Crippen LogP contribution in [0.15, 0.2) is 18.2 Å². The first kappa shape index (κ1) is 20.9. The summed E-state index contributed by atoms with van der Waals surface area (Å²) in [6.45, 7) is 6.09. The fraction of sp³-hybridized carbons (Fsp3) is 0.400. The largest absolute Gasteiger partial charge is 0.337 e. The molecule has 0 saturated heterocycles. The summed E-state index contributed by atoms with van der Waals surface area (Å²) in [5.74, 6) is 0.529. The van der Waals surface area contributed by atoms with Crippen molar-refractivity contribution in [2.24, 2.45) is 7.05 Å².